The average molecular weight is 504 g/mol. The van der Waals surface area contributed by atoms with E-state index in [2.05, 4.69) is 5.32 Å². The van der Waals surface area contributed by atoms with Crippen LogP contribution in [0.2, 0.25) is 0 Å². The van der Waals surface area contributed by atoms with Gasteiger partial charge < -0.3 is 19.9 Å². The molecular formula is C28H33N5O4. The van der Waals surface area contributed by atoms with Gasteiger partial charge in [0.25, 0.3) is 0 Å². The predicted molar refractivity (Wildman–Crippen MR) is 138 cm³/mol. The van der Waals surface area contributed by atoms with Crippen LogP contribution in [-0.2, 0) is 27.3 Å². The summed E-state index contributed by atoms with van der Waals surface area (Å²) in [4.78, 5) is 43.9. The molecule has 1 N–H and O–H groups in total. The molecule has 2 aromatic rings. The van der Waals surface area contributed by atoms with Crippen molar-refractivity contribution in [3.63, 3.8) is 0 Å². The minimum atomic E-state index is -0.716. The predicted octanol–water partition coefficient (Wildman–Crippen LogP) is 2.36. The number of hydrazine groups is 1. The number of rotatable bonds is 6. The molecule has 2 fully saturated rings. The Kier molecular flexibility index (Phi) is 7.14. The Bertz CT molecular complexity index is 1170. The van der Waals surface area contributed by atoms with Gasteiger partial charge in [-0.05, 0) is 24.1 Å². The number of carbonyl (C=O) groups is 3. The summed E-state index contributed by atoms with van der Waals surface area (Å²) in [5, 5.41) is 6.21. The number of nitrogens with zero attached hydrogens (tertiary/aromatic N) is 4. The normalized spacial score (nSPS) is 24.0. The van der Waals surface area contributed by atoms with Gasteiger partial charge in [0.15, 0.2) is 0 Å². The summed E-state index contributed by atoms with van der Waals surface area (Å²) < 4.78 is 5.89. The Morgan fingerprint density at radius 3 is 2.35 bits per heavy atom. The van der Waals surface area contributed by atoms with E-state index in [1.807, 2.05) is 73.7 Å². The molecule has 0 spiro atoms. The van der Waals surface area contributed by atoms with Crippen LogP contribution in [0.25, 0.3) is 0 Å². The monoisotopic (exact) mass is 503 g/mol. The number of hydrogen-bond acceptors (Lipinski definition) is 5. The van der Waals surface area contributed by atoms with Gasteiger partial charge in [-0.3, -0.25) is 9.59 Å². The van der Waals surface area contributed by atoms with Crippen molar-refractivity contribution < 1.29 is 19.1 Å². The molecule has 0 bridgehead atoms. The molecule has 0 radical (unpaired) electrons. The third-order valence-electron chi connectivity index (χ3n) is 7.08. The summed E-state index contributed by atoms with van der Waals surface area (Å²) in [6, 6.07) is 18.3. The van der Waals surface area contributed by atoms with Crippen LogP contribution in [0.4, 0.5) is 4.79 Å². The van der Waals surface area contributed by atoms with Crippen molar-refractivity contribution in [2.24, 2.45) is 0 Å². The minimum absolute atomic E-state index is 0.0135. The van der Waals surface area contributed by atoms with Gasteiger partial charge >= 0.3 is 6.03 Å². The molecule has 9 nitrogen and oxygen atoms in total. The van der Waals surface area contributed by atoms with Crippen LogP contribution >= 0.6 is 0 Å². The molecule has 4 amide bonds. The first-order valence-corrected chi connectivity index (χ1v) is 12.7. The van der Waals surface area contributed by atoms with Crippen molar-refractivity contribution in [1.82, 2.24) is 25.1 Å². The van der Waals surface area contributed by atoms with E-state index in [1.165, 1.54) is 0 Å². The molecule has 0 aromatic heterocycles. The maximum atomic E-state index is 13.8. The lowest BCUT2D eigenvalue weighted by Gasteiger charge is -2.54. The molecule has 2 saturated heterocycles. The SMILES string of the molecule is CC1CC=C(CN2C[C@H]3N(C(=O)CN(C)N3C(=O)NCc3ccccc3)[C@@H](Cc3ccccc3)C2=O)O1. The van der Waals surface area contributed by atoms with Gasteiger partial charge in [-0.25, -0.2) is 14.8 Å². The molecule has 3 atom stereocenters. The summed E-state index contributed by atoms with van der Waals surface area (Å²) in [6.07, 6.45) is 2.63. The highest BCUT2D eigenvalue weighted by Gasteiger charge is 2.50. The van der Waals surface area contributed by atoms with Crippen molar-refractivity contribution >= 4 is 17.8 Å². The molecule has 5 rings (SSSR count). The largest absolute Gasteiger partial charge is 0.493 e. The van der Waals surface area contributed by atoms with E-state index in [9.17, 15) is 14.4 Å². The van der Waals surface area contributed by atoms with Crippen molar-refractivity contribution in [2.45, 2.75) is 44.6 Å². The first-order chi connectivity index (χ1) is 17.9. The summed E-state index contributed by atoms with van der Waals surface area (Å²) in [5.41, 5.74) is 1.93. The summed E-state index contributed by atoms with van der Waals surface area (Å²) in [6.45, 7) is 2.89. The molecule has 0 aliphatic carbocycles. The maximum absolute atomic E-state index is 13.8. The maximum Gasteiger partial charge on any atom is 0.334 e. The van der Waals surface area contributed by atoms with Crippen molar-refractivity contribution in [3.05, 3.63) is 83.6 Å². The number of piperazine rings is 1. The summed E-state index contributed by atoms with van der Waals surface area (Å²) >= 11 is 0. The van der Waals surface area contributed by atoms with Crippen LogP contribution in [-0.4, -0.2) is 82.7 Å². The molecular weight excluding hydrogens is 470 g/mol. The first-order valence-electron chi connectivity index (χ1n) is 12.7. The van der Waals surface area contributed by atoms with Gasteiger partial charge in [0.2, 0.25) is 11.8 Å². The number of benzene rings is 2. The summed E-state index contributed by atoms with van der Waals surface area (Å²) in [5.74, 6) is 0.452. The first kappa shape index (κ1) is 24.8. The van der Waals surface area contributed by atoms with Crippen LogP contribution in [0.15, 0.2) is 72.5 Å². The quantitative estimate of drug-likeness (QED) is 0.654. The fourth-order valence-corrected chi connectivity index (χ4v) is 5.28. The van der Waals surface area contributed by atoms with Crippen LogP contribution < -0.4 is 5.32 Å². The van der Waals surface area contributed by atoms with Gasteiger partial charge in [0, 0.05) is 26.4 Å². The Labute approximate surface area is 217 Å². The zero-order chi connectivity index (χ0) is 25.9. The fraction of sp³-hybridized carbons (Fsp3) is 0.393. The highest BCUT2D eigenvalue weighted by molar-refractivity contribution is 5.91. The molecule has 0 saturated carbocycles. The minimum Gasteiger partial charge on any atom is -0.493 e. The molecule has 37 heavy (non-hydrogen) atoms. The third-order valence-corrected chi connectivity index (χ3v) is 7.08. The van der Waals surface area contributed by atoms with E-state index in [0.29, 0.717) is 19.5 Å². The van der Waals surface area contributed by atoms with E-state index in [4.69, 9.17) is 4.74 Å². The van der Waals surface area contributed by atoms with Crippen molar-refractivity contribution in [3.8, 4) is 0 Å². The lowest BCUT2D eigenvalue weighted by molar-refractivity contribution is -0.186. The highest BCUT2D eigenvalue weighted by atomic mass is 16.5. The number of carbonyl (C=O) groups excluding carboxylic acids is 3. The van der Waals surface area contributed by atoms with Crippen LogP contribution in [0.5, 0.6) is 0 Å². The Hall–Kier alpha value is -3.85. The van der Waals surface area contributed by atoms with E-state index >= 15 is 0 Å². The standard InChI is InChI=1S/C28H33N5O4/c1-20-13-14-23(37-20)17-31-18-25-32(24(27(31)35)15-21-9-5-3-6-10-21)26(34)19-30(2)33(25)28(36)29-16-22-11-7-4-8-12-22/h3-12,14,20,24-25H,13,15-19H2,1-2H3,(H,29,36)/t20?,24-,25-/m0/s1. The second kappa shape index (κ2) is 10.6. The Balaban J connectivity index is 1.43. The van der Waals surface area contributed by atoms with E-state index in [0.717, 1.165) is 23.3 Å². The number of hydrogen-bond donors (Lipinski definition) is 1. The molecule has 2 aromatic carbocycles. The van der Waals surface area contributed by atoms with Crippen LogP contribution in [0, 0.1) is 0 Å². The van der Waals surface area contributed by atoms with Gasteiger partial charge in [0.1, 0.15) is 18.0 Å². The number of amides is 4. The van der Waals surface area contributed by atoms with Crippen LogP contribution in [0.1, 0.15) is 24.5 Å². The van der Waals surface area contributed by atoms with Gasteiger partial charge in [-0.2, -0.15) is 0 Å². The molecule has 3 aliphatic heterocycles. The lowest BCUT2D eigenvalue weighted by Crippen LogP contribution is -2.76. The third kappa shape index (κ3) is 5.32. The smallest absolute Gasteiger partial charge is 0.334 e. The highest BCUT2D eigenvalue weighted by Crippen LogP contribution is 2.29. The zero-order valence-electron chi connectivity index (χ0n) is 21.2. The van der Waals surface area contributed by atoms with E-state index < -0.39 is 12.2 Å². The van der Waals surface area contributed by atoms with Gasteiger partial charge in [-0.15, -0.1) is 0 Å². The molecule has 9 heteroatoms. The second-order valence-corrected chi connectivity index (χ2v) is 9.85. The van der Waals surface area contributed by atoms with E-state index in [-0.39, 0.29) is 37.0 Å². The average Bonchev–Trinajstić information content (AvgIpc) is 3.30. The zero-order valence-corrected chi connectivity index (χ0v) is 21.2. The molecule has 3 heterocycles. The van der Waals surface area contributed by atoms with E-state index in [1.54, 1.807) is 26.9 Å². The molecule has 3 aliphatic rings. The lowest BCUT2D eigenvalue weighted by atomic mass is 9.99. The van der Waals surface area contributed by atoms with Gasteiger partial charge in [0.05, 0.1) is 25.7 Å². The molecule has 1 unspecified atom stereocenters. The van der Waals surface area contributed by atoms with Crippen molar-refractivity contribution in [1.29, 1.82) is 0 Å². The van der Waals surface area contributed by atoms with Gasteiger partial charge in [-0.1, -0.05) is 60.7 Å². The Morgan fingerprint density at radius 2 is 1.70 bits per heavy atom. The number of urea groups is 1. The molecule has 194 valence electrons. The number of ether oxygens (including phenoxy) is 1. The van der Waals surface area contributed by atoms with Crippen LogP contribution in [0.3, 0.4) is 0 Å². The fourth-order valence-electron chi connectivity index (χ4n) is 5.28. The number of nitrogens with one attached hydrogen (secondary N) is 1. The topological polar surface area (TPSA) is 85.4 Å². The van der Waals surface area contributed by atoms with Crippen molar-refractivity contribution in [2.75, 3.05) is 26.7 Å². The Morgan fingerprint density at radius 1 is 1.03 bits per heavy atom. The summed E-state index contributed by atoms with van der Waals surface area (Å²) in [7, 11) is 1.73. The number of likely N-dealkylation sites (N-methyl/N-ethyl adjacent to an activating group) is 1. The second-order valence-electron chi connectivity index (χ2n) is 9.85. The number of fused-ring (bicyclic) bond motifs is 1.